The molecule has 2 aromatic rings. The van der Waals surface area contributed by atoms with Crippen LogP contribution in [0.4, 0.5) is 10.5 Å². The Kier molecular flexibility index (Phi) is 4.54. The Balaban J connectivity index is 1.81. The molecular weight excluding hydrogens is 274 g/mol. The lowest BCUT2D eigenvalue weighted by Crippen LogP contribution is -2.38. The fourth-order valence-corrected chi connectivity index (χ4v) is 1.82. The average molecular weight is 291 g/mol. The summed E-state index contributed by atoms with van der Waals surface area (Å²) in [7, 11) is 0. The molecule has 0 fully saturated rings. The maximum Gasteiger partial charge on any atom is 0.319 e. The third-order valence-electron chi connectivity index (χ3n) is 2.63. The predicted molar refractivity (Wildman–Crippen MR) is 75.3 cm³/mol. The van der Waals surface area contributed by atoms with Crippen LogP contribution >= 0.6 is 0 Å². The Hall–Kier alpha value is -2.84. The number of urea groups is 1. The molecule has 112 valence electrons. The number of rotatable bonds is 6. The molecule has 0 unspecified atom stereocenters. The van der Waals surface area contributed by atoms with E-state index in [-0.39, 0.29) is 18.6 Å². The maximum atomic E-state index is 11.8. The molecule has 0 aromatic carbocycles. The largest absolute Gasteiger partial charge is 0.368 e. The van der Waals surface area contributed by atoms with Crippen LogP contribution in [0.5, 0.6) is 0 Å². The number of anilines is 1. The molecule has 9 nitrogen and oxygen atoms in total. The monoisotopic (exact) mass is 291 g/mol. The van der Waals surface area contributed by atoms with Crippen molar-refractivity contribution in [3.05, 3.63) is 31.1 Å². The van der Waals surface area contributed by atoms with Gasteiger partial charge in [0.25, 0.3) is 0 Å². The van der Waals surface area contributed by atoms with E-state index < -0.39 is 5.91 Å². The molecule has 0 aliphatic heterocycles. The Morgan fingerprint density at radius 1 is 1.48 bits per heavy atom. The van der Waals surface area contributed by atoms with Gasteiger partial charge in [0.1, 0.15) is 6.54 Å². The highest BCUT2D eigenvalue weighted by atomic mass is 16.2. The molecule has 0 bridgehead atoms. The molecule has 4 N–H and O–H groups in total. The Morgan fingerprint density at radius 3 is 2.95 bits per heavy atom. The van der Waals surface area contributed by atoms with Crippen molar-refractivity contribution in [1.82, 2.24) is 24.6 Å². The zero-order valence-electron chi connectivity index (χ0n) is 11.6. The topological polar surface area (TPSA) is 120 Å². The number of aromatic nitrogens is 4. The number of hydrogen-bond donors (Lipinski definition) is 3. The molecule has 0 saturated carbocycles. The van der Waals surface area contributed by atoms with Crippen LogP contribution in [0.1, 0.15) is 6.92 Å². The Labute approximate surface area is 121 Å². The smallest absolute Gasteiger partial charge is 0.319 e. The van der Waals surface area contributed by atoms with E-state index in [0.29, 0.717) is 12.2 Å². The van der Waals surface area contributed by atoms with Crippen LogP contribution in [0.3, 0.4) is 0 Å². The second-order valence-corrected chi connectivity index (χ2v) is 4.65. The predicted octanol–water partition coefficient (Wildman–Crippen LogP) is -0.225. The van der Waals surface area contributed by atoms with E-state index in [1.54, 1.807) is 12.5 Å². The second kappa shape index (κ2) is 6.55. The SMILES string of the molecule is C[C@@H](Cn1ccnc1)NC(=O)Nc1cnn(CC(N)=O)c1. The molecular formula is C12H17N7O2. The van der Waals surface area contributed by atoms with E-state index in [4.69, 9.17) is 5.73 Å². The van der Waals surface area contributed by atoms with Crippen LogP contribution in [0.15, 0.2) is 31.1 Å². The molecule has 2 aromatic heterocycles. The fourth-order valence-electron chi connectivity index (χ4n) is 1.82. The highest BCUT2D eigenvalue weighted by Gasteiger charge is 2.09. The van der Waals surface area contributed by atoms with E-state index in [9.17, 15) is 9.59 Å². The van der Waals surface area contributed by atoms with Gasteiger partial charge in [-0.05, 0) is 6.92 Å². The number of nitrogens with one attached hydrogen (secondary N) is 2. The number of primary amides is 1. The molecule has 0 aliphatic rings. The van der Waals surface area contributed by atoms with E-state index in [1.165, 1.54) is 17.1 Å². The zero-order valence-corrected chi connectivity index (χ0v) is 11.6. The summed E-state index contributed by atoms with van der Waals surface area (Å²) in [6.45, 7) is 2.48. The van der Waals surface area contributed by atoms with Crippen LogP contribution in [-0.2, 0) is 17.9 Å². The van der Waals surface area contributed by atoms with Gasteiger partial charge in [-0.2, -0.15) is 5.10 Å². The number of hydrogen-bond acceptors (Lipinski definition) is 4. The van der Waals surface area contributed by atoms with Gasteiger partial charge < -0.3 is 20.9 Å². The number of nitrogens with zero attached hydrogens (tertiary/aromatic N) is 4. The summed E-state index contributed by atoms with van der Waals surface area (Å²) in [5.41, 5.74) is 5.55. The summed E-state index contributed by atoms with van der Waals surface area (Å²) < 4.78 is 3.22. The Morgan fingerprint density at radius 2 is 2.29 bits per heavy atom. The van der Waals surface area contributed by atoms with Crippen molar-refractivity contribution in [1.29, 1.82) is 0 Å². The van der Waals surface area contributed by atoms with Crippen molar-refractivity contribution in [3.8, 4) is 0 Å². The summed E-state index contributed by atoms with van der Waals surface area (Å²) in [6, 6.07) is -0.416. The van der Waals surface area contributed by atoms with Crippen molar-refractivity contribution in [3.63, 3.8) is 0 Å². The van der Waals surface area contributed by atoms with Crippen LogP contribution < -0.4 is 16.4 Å². The zero-order chi connectivity index (χ0) is 15.2. The quantitative estimate of drug-likeness (QED) is 0.681. The molecule has 3 amide bonds. The van der Waals surface area contributed by atoms with E-state index >= 15 is 0 Å². The van der Waals surface area contributed by atoms with Gasteiger partial charge in [0.05, 0.1) is 18.2 Å². The number of amides is 3. The highest BCUT2D eigenvalue weighted by molar-refractivity contribution is 5.89. The molecule has 0 spiro atoms. The summed E-state index contributed by atoms with van der Waals surface area (Å²) in [5, 5.41) is 9.34. The Bertz CT molecular complexity index is 605. The third-order valence-corrected chi connectivity index (χ3v) is 2.63. The standard InChI is InChI=1S/C12H17N7O2/c1-9(5-18-3-2-14-8-18)16-12(21)17-10-4-15-19(6-10)7-11(13)20/h2-4,6,8-9H,5,7H2,1H3,(H2,13,20)(H2,16,17,21)/t9-/m0/s1. The first kappa shape index (κ1) is 14.6. The van der Waals surface area contributed by atoms with Gasteiger partial charge in [0.15, 0.2) is 0 Å². The average Bonchev–Trinajstić information content (AvgIpc) is 3.00. The molecule has 9 heteroatoms. The lowest BCUT2D eigenvalue weighted by Gasteiger charge is -2.14. The minimum Gasteiger partial charge on any atom is -0.368 e. The van der Waals surface area contributed by atoms with Gasteiger partial charge in [-0.1, -0.05) is 0 Å². The summed E-state index contributed by atoms with van der Waals surface area (Å²) >= 11 is 0. The van der Waals surface area contributed by atoms with Crippen molar-refractivity contribution in [2.24, 2.45) is 5.73 Å². The molecule has 21 heavy (non-hydrogen) atoms. The van der Waals surface area contributed by atoms with Crippen molar-refractivity contribution < 1.29 is 9.59 Å². The van der Waals surface area contributed by atoms with Gasteiger partial charge in [0.2, 0.25) is 5.91 Å². The third kappa shape index (κ3) is 4.64. The second-order valence-electron chi connectivity index (χ2n) is 4.65. The number of imidazole rings is 1. The van der Waals surface area contributed by atoms with Crippen molar-refractivity contribution in [2.45, 2.75) is 26.1 Å². The molecule has 0 saturated heterocycles. The first-order valence-electron chi connectivity index (χ1n) is 6.37. The highest BCUT2D eigenvalue weighted by Crippen LogP contribution is 2.04. The van der Waals surface area contributed by atoms with E-state index in [0.717, 1.165) is 0 Å². The minimum atomic E-state index is -0.497. The number of nitrogens with two attached hydrogens (primary N) is 1. The summed E-state index contributed by atoms with van der Waals surface area (Å²) in [6.07, 6.45) is 8.17. The van der Waals surface area contributed by atoms with Gasteiger partial charge in [-0.3, -0.25) is 9.48 Å². The molecule has 2 heterocycles. The fraction of sp³-hybridized carbons (Fsp3) is 0.333. The number of carbonyl (C=O) groups excluding carboxylic acids is 2. The van der Waals surface area contributed by atoms with Crippen LogP contribution in [0.2, 0.25) is 0 Å². The molecule has 1 atom stereocenters. The van der Waals surface area contributed by atoms with Gasteiger partial charge in [-0.25, -0.2) is 9.78 Å². The summed E-state index contributed by atoms with van der Waals surface area (Å²) in [4.78, 5) is 26.5. The van der Waals surface area contributed by atoms with Crippen LogP contribution in [-0.4, -0.2) is 37.3 Å². The van der Waals surface area contributed by atoms with Gasteiger partial charge in [0, 0.05) is 31.2 Å². The lowest BCUT2D eigenvalue weighted by molar-refractivity contribution is -0.118. The lowest BCUT2D eigenvalue weighted by atomic mass is 10.3. The normalized spacial score (nSPS) is 11.9. The minimum absolute atomic E-state index is 0.0274. The number of carbonyl (C=O) groups is 2. The van der Waals surface area contributed by atoms with Crippen molar-refractivity contribution in [2.75, 3.05) is 5.32 Å². The summed E-state index contributed by atoms with van der Waals surface area (Å²) in [5.74, 6) is -0.497. The van der Waals surface area contributed by atoms with Crippen LogP contribution in [0.25, 0.3) is 0 Å². The van der Waals surface area contributed by atoms with Crippen LogP contribution in [0, 0.1) is 0 Å². The van der Waals surface area contributed by atoms with E-state index in [1.807, 2.05) is 17.7 Å². The molecule has 0 radical (unpaired) electrons. The van der Waals surface area contributed by atoms with E-state index in [2.05, 4.69) is 20.7 Å². The van der Waals surface area contributed by atoms with Crippen molar-refractivity contribution >= 4 is 17.6 Å². The molecule has 2 rings (SSSR count). The first-order chi connectivity index (χ1) is 10.0. The molecule has 0 aliphatic carbocycles. The first-order valence-corrected chi connectivity index (χ1v) is 6.37. The van der Waals surface area contributed by atoms with Gasteiger partial charge >= 0.3 is 6.03 Å². The van der Waals surface area contributed by atoms with Gasteiger partial charge in [-0.15, -0.1) is 0 Å². The maximum absolute atomic E-state index is 11.8.